The maximum Gasteiger partial charge on any atom is 0.218 e. The van der Waals surface area contributed by atoms with Gasteiger partial charge < -0.3 is 10.3 Å². The molecule has 1 rings (SSSR count). The van der Waals surface area contributed by atoms with Crippen molar-refractivity contribution < 1.29 is 0 Å². The highest BCUT2D eigenvalue weighted by atomic mass is 79.9. The van der Waals surface area contributed by atoms with Crippen molar-refractivity contribution in [3.63, 3.8) is 0 Å². The number of nitrogen functional groups attached to an aromatic ring is 1. The zero-order chi connectivity index (χ0) is 9.14. The first kappa shape index (κ1) is 9.06. The van der Waals surface area contributed by atoms with Crippen LogP contribution in [0.15, 0.2) is 34.3 Å². The normalized spacial score (nSPS) is 9.75. The van der Waals surface area contributed by atoms with E-state index in [1.54, 1.807) is 23.0 Å². The van der Waals surface area contributed by atoms with Gasteiger partial charge in [0.2, 0.25) is 5.43 Å². The third-order valence-electron chi connectivity index (χ3n) is 1.40. The number of nitrogens with two attached hydrogens (primary N) is 1. The van der Waals surface area contributed by atoms with E-state index in [0.717, 1.165) is 0 Å². The average Bonchev–Trinajstić information content (AvgIpc) is 2.01. The van der Waals surface area contributed by atoms with Gasteiger partial charge in [0, 0.05) is 18.9 Å². The first-order chi connectivity index (χ1) is 5.65. The van der Waals surface area contributed by atoms with Crippen LogP contribution in [0.2, 0.25) is 0 Å². The SMILES string of the molecule is C=CCn1cc(N)c(=O)c(Br)c1. The number of hydrogen-bond acceptors (Lipinski definition) is 2. The molecule has 1 aromatic rings. The van der Waals surface area contributed by atoms with Crippen molar-refractivity contribution in [2.45, 2.75) is 6.54 Å². The average molecular weight is 229 g/mol. The lowest BCUT2D eigenvalue weighted by atomic mass is 10.4. The number of nitrogens with zero attached hydrogens (tertiary/aromatic N) is 1. The predicted octanol–water partition coefficient (Wildman–Crippen LogP) is 1.38. The fourth-order valence-corrected chi connectivity index (χ4v) is 1.36. The number of aromatic nitrogens is 1. The second kappa shape index (κ2) is 3.58. The largest absolute Gasteiger partial charge is 0.394 e. The molecule has 1 heterocycles. The maximum atomic E-state index is 11.1. The summed E-state index contributed by atoms with van der Waals surface area (Å²) in [5.41, 5.74) is 5.52. The highest BCUT2D eigenvalue weighted by Gasteiger charge is 2.00. The van der Waals surface area contributed by atoms with E-state index in [4.69, 9.17) is 5.73 Å². The van der Waals surface area contributed by atoms with Crippen LogP contribution in [0.25, 0.3) is 0 Å². The van der Waals surface area contributed by atoms with Gasteiger partial charge >= 0.3 is 0 Å². The Morgan fingerprint density at radius 2 is 2.33 bits per heavy atom. The smallest absolute Gasteiger partial charge is 0.218 e. The van der Waals surface area contributed by atoms with Crippen LogP contribution < -0.4 is 11.2 Å². The van der Waals surface area contributed by atoms with Crippen molar-refractivity contribution in [1.82, 2.24) is 4.57 Å². The van der Waals surface area contributed by atoms with Crippen LogP contribution >= 0.6 is 15.9 Å². The lowest BCUT2D eigenvalue weighted by molar-refractivity contribution is 0.811. The van der Waals surface area contributed by atoms with Crippen LogP contribution in [0.3, 0.4) is 0 Å². The van der Waals surface area contributed by atoms with E-state index in [-0.39, 0.29) is 11.1 Å². The molecule has 2 N–H and O–H groups in total. The number of hydrogen-bond donors (Lipinski definition) is 1. The quantitative estimate of drug-likeness (QED) is 0.778. The summed E-state index contributed by atoms with van der Waals surface area (Å²) in [5.74, 6) is 0. The van der Waals surface area contributed by atoms with Crippen LogP contribution in [0, 0.1) is 0 Å². The number of allylic oxidation sites excluding steroid dienone is 1. The summed E-state index contributed by atoms with van der Waals surface area (Å²) in [5, 5.41) is 0. The molecule has 0 aliphatic carbocycles. The summed E-state index contributed by atoms with van der Waals surface area (Å²) < 4.78 is 2.26. The minimum atomic E-state index is -0.171. The molecule has 1 aromatic heterocycles. The Morgan fingerprint density at radius 3 is 2.83 bits per heavy atom. The van der Waals surface area contributed by atoms with E-state index < -0.39 is 0 Å². The van der Waals surface area contributed by atoms with Crippen LogP contribution in [0.1, 0.15) is 0 Å². The molecule has 12 heavy (non-hydrogen) atoms. The van der Waals surface area contributed by atoms with Crippen molar-refractivity contribution >= 4 is 21.6 Å². The Kier molecular flexibility index (Phi) is 2.70. The fraction of sp³-hybridized carbons (Fsp3) is 0.125. The van der Waals surface area contributed by atoms with E-state index in [2.05, 4.69) is 22.5 Å². The minimum Gasteiger partial charge on any atom is -0.394 e. The molecule has 0 aliphatic heterocycles. The van der Waals surface area contributed by atoms with Gasteiger partial charge in [-0.1, -0.05) is 6.08 Å². The summed E-state index contributed by atoms with van der Waals surface area (Å²) in [6, 6.07) is 0. The maximum absolute atomic E-state index is 11.1. The highest BCUT2D eigenvalue weighted by Crippen LogP contribution is 2.05. The standard InChI is InChI=1S/C8H9BrN2O/c1-2-3-11-4-6(9)8(12)7(10)5-11/h2,4-5H,1,3,10H2. The molecule has 3 nitrogen and oxygen atoms in total. The van der Waals surface area contributed by atoms with Crippen molar-refractivity contribution in [3.8, 4) is 0 Å². The lowest BCUT2D eigenvalue weighted by Crippen LogP contribution is -2.12. The van der Waals surface area contributed by atoms with Crippen LogP contribution in [-0.4, -0.2) is 4.57 Å². The van der Waals surface area contributed by atoms with Gasteiger partial charge in [0.25, 0.3) is 0 Å². The molecule has 0 atom stereocenters. The summed E-state index contributed by atoms with van der Waals surface area (Å²) in [7, 11) is 0. The molecule has 0 saturated heterocycles. The molecule has 0 bridgehead atoms. The molecule has 64 valence electrons. The molecule has 0 spiro atoms. The van der Waals surface area contributed by atoms with E-state index in [9.17, 15) is 4.79 Å². The molecule has 4 heteroatoms. The minimum absolute atomic E-state index is 0.171. The van der Waals surface area contributed by atoms with Crippen molar-refractivity contribution in [1.29, 1.82) is 0 Å². The summed E-state index contributed by atoms with van der Waals surface area (Å²) >= 11 is 3.12. The van der Waals surface area contributed by atoms with E-state index in [1.165, 1.54) is 0 Å². The molecule has 0 radical (unpaired) electrons. The Hall–Kier alpha value is -1.03. The summed E-state index contributed by atoms with van der Waals surface area (Å²) in [6.07, 6.45) is 5.01. The first-order valence-corrected chi connectivity index (χ1v) is 4.20. The summed E-state index contributed by atoms with van der Waals surface area (Å²) in [4.78, 5) is 11.1. The Bertz CT molecular complexity index is 330. The van der Waals surface area contributed by atoms with Crippen molar-refractivity contribution in [2.75, 3.05) is 5.73 Å². The van der Waals surface area contributed by atoms with Crippen molar-refractivity contribution in [3.05, 3.63) is 39.7 Å². The second-order valence-corrected chi connectivity index (χ2v) is 3.23. The van der Waals surface area contributed by atoms with Gasteiger partial charge in [-0.2, -0.15) is 0 Å². The Morgan fingerprint density at radius 1 is 1.67 bits per heavy atom. The second-order valence-electron chi connectivity index (χ2n) is 2.38. The zero-order valence-corrected chi connectivity index (χ0v) is 8.04. The molecule has 0 amide bonds. The number of pyridine rings is 1. The molecule has 0 saturated carbocycles. The van der Waals surface area contributed by atoms with Gasteiger partial charge in [-0.25, -0.2) is 0 Å². The Labute approximate surface area is 78.6 Å². The third kappa shape index (κ3) is 1.76. The van der Waals surface area contributed by atoms with Crippen molar-refractivity contribution in [2.24, 2.45) is 0 Å². The van der Waals surface area contributed by atoms with Gasteiger partial charge in [-0.15, -0.1) is 6.58 Å². The molecular weight excluding hydrogens is 220 g/mol. The van der Waals surface area contributed by atoms with Crippen LogP contribution in [0.4, 0.5) is 5.69 Å². The molecular formula is C8H9BrN2O. The number of halogens is 1. The number of rotatable bonds is 2. The Balaban J connectivity index is 3.21. The van der Waals surface area contributed by atoms with Crippen LogP contribution in [0.5, 0.6) is 0 Å². The van der Waals surface area contributed by atoms with Gasteiger partial charge in [-0.3, -0.25) is 4.79 Å². The number of anilines is 1. The lowest BCUT2D eigenvalue weighted by Gasteiger charge is -2.03. The van der Waals surface area contributed by atoms with E-state index >= 15 is 0 Å². The fourth-order valence-electron chi connectivity index (χ4n) is 0.871. The topological polar surface area (TPSA) is 48.0 Å². The van der Waals surface area contributed by atoms with Crippen LogP contribution in [-0.2, 0) is 6.54 Å². The molecule has 0 aromatic carbocycles. The van der Waals surface area contributed by atoms with Gasteiger partial charge in [-0.05, 0) is 15.9 Å². The first-order valence-electron chi connectivity index (χ1n) is 3.41. The predicted molar refractivity (Wildman–Crippen MR) is 53.0 cm³/mol. The van der Waals surface area contributed by atoms with E-state index in [1.807, 2.05) is 0 Å². The molecule has 0 fully saturated rings. The molecule has 0 unspecified atom stereocenters. The van der Waals surface area contributed by atoms with Gasteiger partial charge in [0.05, 0.1) is 10.2 Å². The highest BCUT2D eigenvalue weighted by molar-refractivity contribution is 9.10. The third-order valence-corrected chi connectivity index (χ3v) is 1.97. The summed E-state index contributed by atoms with van der Waals surface area (Å²) in [6.45, 7) is 4.22. The van der Waals surface area contributed by atoms with Gasteiger partial charge in [0.15, 0.2) is 0 Å². The van der Waals surface area contributed by atoms with Gasteiger partial charge in [0.1, 0.15) is 0 Å². The monoisotopic (exact) mass is 228 g/mol. The van der Waals surface area contributed by atoms with E-state index in [0.29, 0.717) is 11.0 Å². The zero-order valence-electron chi connectivity index (χ0n) is 6.46. The molecule has 0 aliphatic rings.